The number of amidine groups is 1. The normalized spacial score (nSPS) is 15.9. The van der Waals surface area contributed by atoms with Gasteiger partial charge in [-0.2, -0.15) is 0 Å². The molecule has 0 fully saturated rings. The van der Waals surface area contributed by atoms with Gasteiger partial charge in [0.1, 0.15) is 17.8 Å². The Morgan fingerprint density at radius 2 is 1.54 bits per heavy atom. The number of halogens is 1. The van der Waals surface area contributed by atoms with Gasteiger partial charge in [0.2, 0.25) is 0 Å². The summed E-state index contributed by atoms with van der Waals surface area (Å²) in [6.07, 6.45) is 6.68. The van der Waals surface area contributed by atoms with Crippen molar-refractivity contribution >= 4 is 5.84 Å². The standard InChI is InChI=1S/C31H52FN5/c1-14-20(3)16-28(17-21(4)15-2)37-30(29(24(7)33)18-22(5)32)36-27(10)35-26(9)25(8)34-23(6)19-31(11,12)13/h16-18,22,25-26,34-35H,3,6-7,10,14-15,19,33H2,1-2,4-5,8-9,11-13H3,(H,36,37)/b21-17+,28-16+,29-18-. The Morgan fingerprint density at radius 3 is 2.00 bits per heavy atom. The van der Waals surface area contributed by atoms with Crippen LogP contribution in [0, 0.1) is 5.41 Å². The molecule has 0 aliphatic carbocycles. The summed E-state index contributed by atoms with van der Waals surface area (Å²) in [6.45, 7) is 34.5. The maximum atomic E-state index is 14.1. The third-order valence-electron chi connectivity index (χ3n) is 5.60. The minimum Gasteiger partial charge on any atom is -0.399 e. The van der Waals surface area contributed by atoms with E-state index in [1.165, 1.54) is 18.6 Å². The number of aliphatic imine (C=N–C) groups is 1. The SMILES string of the molecule is C=C(/C=C(\C=C(/C)CC)NC(=N/C(=C)NC(C)C(C)NC(=C)CC(C)(C)C)/C(=C\C(C)F)C(=C)N)CC. The molecule has 208 valence electrons. The molecule has 0 aromatic rings. The summed E-state index contributed by atoms with van der Waals surface area (Å²) >= 11 is 0. The summed E-state index contributed by atoms with van der Waals surface area (Å²) in [5, 5.41) is 10.1. The van der Waals surface area contributed by atoms with Crippen molar-refractivity contribution in [1.82, 2.24) is 16.0 Å². The second kappa shape index (κ2) is 16.0. The molecule has 0 rings (SSSR count). The highest BCUT2D eigenvalue weighted by molar-refractivity contribution is 6.03. The van der Waals surface area contributed by atoms with Gasteiger partial charge >= 0.3 is 0 Å². The predicted molar refractivity (Wildman–Crippen MR) is 162 cm³/mol. The molecule has 0 saturated carbocycles. The number of nitrogens with two attached hydrogens (primary N) is 1. The second-order valence-electron chi connectivity index (χ2n) is 11.0. The van der Waals surface area contributed by atoms with Crippen molar-refractivity contribution in [2.45, 2.75) is 99.8 Å². The molecule has 0 aromatic carbocycles. The fourth-order valence-corrected chi connectivity index (χ4v) is 3.36. The van der Waals surface area contributed by atoms with Crippen LogP contribution in [0.5, 0.6) is 0 Å². The van der Waals surface area contributed by atoms with E-state index in [4.69, 9.17) is 10.7 Å². The van der Waals surface area contributed by atoms with Crippen molar-refractivity contribution in [3.63, 3.8) is 0 Å². The zero-order valence-electron chi connectivity index (χ0n) is 24.8. The largest absolute Gasteiger partial charge is 0.399 e. The van der Waals surface area contributed by atoms with Crippen molar-refractivity contribution in [2.24, 2.45) is 16.1 Å². The van der Waals surface area contributed by atoms with Gasteiger partial charge < -0.3 is 21.7 Å². The number of nitrogens with one attached hydrogen (secondary N) is 3. The summed E-state index contributed by atoms with van der Waals surface area (Å²) in [7, 11) is 0. The highest BCUT2D eigenvalue weighted by Crippen LogP contribution is 2.22. The maximum absolute atomic E-state index is 14.1. The van der Waals surface area contributed by atoms with E-state index >= 15 is 0 Å². The van der Waals surface area contributed by atoms with Gasteiger partial charge in [0.05, 0.1) is 0 Å². The molecular formula is C31H52FN5. The lowest BCUT2D eigenvalue weighted by molar-refractivity contribution is 0.379. The van der Waals surface area contributed by atoms with Gasteiger partial charge in [0.15, 0.2) is 0 Å². The molecule has 0 aromatic heterocycles. The monoisotopic (exact) mass is 513 g/mol. The van der Waals surface area contributed by atoms with E-state index in [-0.39, 0.29) is 23.2 Å². The summed E-state index contributed by atoms with van der Waals surface area (Å²) < 4.78 is 14.1. The second-order valence-corrected chi connectivity index (χ2v) is 11.0. The van der Waals surface area contributed by atoms with E-state index in [1.54, 1.807) is 0 Å². The Morgan fingerprint density at radius 1 is 0.973 bits per heavy atom. The topological polar surface area (TPSA) is 74.5 Å². The molecule has 6 heteroatoms. The lowest BCUT2D eigenvalue weighted by atomic mass is 9.90. The van der Waals surface area contributed by atoms with Crippen LogP contribution < -0.4 is 21.7 Å². The van der Waals surface area contributed by atoms with Crippen molar-refractivity contribution in [2.75, 3.05) is 0 Å². The zero-order valence-corrected chi connectivity index (χ0v) is 24.8. The summed E-state index contributed by atoms with van der Waals surface area (Å²) in [5.41, 5.74) is 10.7. The summed E-state index contributed by atoms with van der Waals surface area (Å²) in [4.78, 5) is 4.69. The van der Waals surface area contributed by atoms with Crippen LogP contribution in [0.3, 0.4) is 0 Å². The molecule has 0 aliphatic heterocycles. The van der Waals surface area contributed by atoms with Gasteiger partial charge in [-0.1, -0.05) is 72.1 Å². The lowest BCUT2D eigenvalue weighted by Gasteiger charge is -2.28. The smallest absolute Gasteiger partial charge is 0.141 e. The maximum Gasteiger partial charge on any atom is 0.141 e. The number of rotatable bonds is 15. The third-order valence-corrected chi connectivity index (χ3v) is 5.60. The van der Waals surface area contributed by atoms with Gasteiger partial charge in [0.25, 0.3) is 0 Å². The fraction of sp³-hybridized carbons (Fsp3) is 0.516. The molecule has 3 atom stereocenters. The van der Waals surface area contributed by atoms with Gasteiger partial charge in [-0.3, -0.25) is 0 Å². The molecule has 0 heterocycles. The first-order valence-corrected chi connectivity index (χ1v) is 13.1. The van der Waals surface area contributed by atoms with Gasteiger partial charge in [-0.15, -0.1) is 0 Å². The average Bonchev–Trinajstić information content (AvgIpc) is 2.74. The Balaban J connectivity index is 6.16. The first-order valence-electron chi connectivity index (χ1n) is 13.1. The van der Waals surface area contributed by atoms with E-state index in [2.05, 4.69) is 76.9 Å². The molecule has 0 aliphatic rings. The molecule has 0 bridgehead atoms. The van der Waals surface area contributed by atoms with E-state index < -0.39 is 6.17 Å². The molecule has 5 nitrogen and oxygen atoms in total. The highest BCUT2D eigenvalue weighted by Gasteiger charge is 2.18. The van der Waals surface area contributed by atoms with Crippen LogP contribution in [-0.4, -0.2) is 24.1 Å². The van der Waals surface area contributed by atoms with E-state index in [0.717, 1.165) is 36.2 Å². The fourth-order valence-electron chi connectivity index (χ4n) is 3.36. The van der Waals surface area contributed by atoms with E-state index in [1.807, 2.05) is 32.9 Å². The predicted octanol–water partition coefficient (Wildman–Crippen LogP) is 7.32. The number of alkyl halides is 1. The molecule has 0 radical (unpaired) electrons. The van der Waals surface area contributed by atoms with Crippen molar-refractivity contribution in [3.05, 3.63) is 84.2 Å². The first kappa shape index (κ1) is 34.0. The molecular weight excluding hydrogens is 461 g/mol. The molecule has 0 amide bonds. The Kier molecular flexibility index (Phi) is 14.7. The molecule has 0 spiro atoms. The molecule has 37 heavy (non-hydrogen) atoms. The minimum absolute atomic E-state index is 0.0139. The average molecular weight is 514 g/mol. The van der Waals surface area contributed by atoms with Gasteiger partial charge in [0, 0.05) is 34.7 Å². The van der Waals surface area contributed by atoms with Crippen LogP contribution >= 0.6 is 0 Å². The van der Waals surface area contributed by atoms with Crippen LogP contribution in [0.15, 0.2) is 89.2 Å². The van der Waals surface area contributed by atoms with Crippen LogP contribution in [0.25, 0.3) is 0 Å². The van der Waals surface area contributed by atoms with Gasteiger partial charge in [-0.05, 0) is 70.6 Å². The third kappa shape index (κ3) is 15.0. The Bertz CT molecular complexity index is 941. The Hall–Kier alpha value is -3.02. The number of allylic oxidation sites excluding steroid dienone is 6. The number of hydrogen-bond acceptors (Lipinski definition) is 4. The van der Waals surface area contributed by atoms with Crippen LogP contribution in [0.2, 0.25) is 0 Å². The quantitative estimate of drug-likeness (QED) is 0.105. The lowest BCUT2D eigenvalue weighted by Crippen LogP contribution is -2.43. The van der Waals surface area contributed by atoms with Crippen molar-refractivity contribution < 1.29 is 4.39 Å². The van der Waals surface area contributed by atoms with Crippen LogP contribution in [0.1, 0.15) is 81.6 Å². The first-order chi connectivity index (χ1) is 17.0. The molecule has 0 saturated heterocycles. The molecule has 3 unspecified atom stereocenters. The number of hydrogen-bond donors (Lipinski definition) is 4. The summed E-state index contributed by atoms with van der Waals surface area (Å²) in [6, 6.07) is 0.0574. The van der Waals surface area contributed by atoms with E-state index in [9.17, 15) is 4.39 Å². The van der Waals surface area contributed by atoms with Crippen molar-refractivity contribution in [3.8, 4) is 0 Å². The number of nitrogens with zero attached hydrogens (tertiary/aromatic N) is 1. The highest BCUT2D eigenvalue weighted by atomic mass is 19.1. The summed E-state index contributed by atoms with van der Waals surface area (Å²) in [5.74, 6) is 0.767. The van der Waals surface area contributed by atoms with Crippen LogP contribution in [-0.2, 0) is 0 Å². The van der Waals surface area contributed by atoms with E-state index in [0.29, 0.717) is 17.2 Å². The Labute approximate surface area is 226 Å². The zero-order chi connectivity index (χ0) is 28.9. The minimum atomic E-state index is -1.24. The van der Waals surface area contributed by atoms with Crippen molar-refractivity contribution in [1.29, 1.82) is 0 Å². The van der Waals surface area contributed by atoms with Gasteiger partial charge in [-0.25, -0.2) is 9.38 Å². The molecule has 5 N–H and O–H groups in total. The van der Waals surface area contributed by atoms with Crippen LogP contribution in [0.4, 0.5) is 4.39 Å².